The molecule has 0 amide bonds. The lowest BCUT2D eigenvalue weighted by Crippen LogP contribution is -2.08. The maximum atomic E-state index is 3.15. The molecule has 1 saturated carbocycles. The number of aryl methyl sites for hydroxylation is 1. The van der Waals surface area contributed by atoms with Crippen molar-refractivity contribution >= 4 is 23.1 Å². The first-order valence-corrected chi connectivity index (χ1v) is 7.88. The van der Waals surface area contributed by atoms with Gasteiger partial charge in [-0.2, -0.15) is 11.8 Å². The molecular weight excluding hydrogens is 220 g/mol. The molecule has 0 bridgehead atoms. The summed E-state index contributed by atoms with van der Waals surface area (Å²) in [4.78, 5) is 1.50. The van der Waals surface area contributed by atoms with E-state index in [-0.39, 0.29) is 0 Å². The Morgan fingerprint density at radius 2 is 2.20 bits per heavy atom. The number of thiophene rings is 1. The predicted octanol–water partition coefficient (Wildman–Crippen LogP) is 4.55. The van der Waals surface area contributed by atoms with E-state index in [9.17, 15) is 0 Å². The van der Waals surface area contributed by atoms with E-state index in [0.29, 0.717) is 0 Å². The van der Waals surface area contributed by atoms with E-state index < -0.39 is 0 Å². The van der Waals surface area contributed by atoms with Crippen molar-refractivity contribution in [3.63, 3.8) is 0 Å². The van der Waals surface area contributed by atoms with Gasteiger partial charge in [0.2, 0.25) is 0 Å². The summed E-state index contributed by atoms with van der Waals surface area (Å²) in [7, 11) is 0. The van der Waals surface area contributed by atoms with E-state index in [1.165, 1.54) is 55.6 Å². The van der Waals surface area contributed by atoms with Gasteiger partial charge in [0.05, 0.1) is 0 Å². The van der Waals surface area contributed by atoms with Gasteiger partial charge in [-0.1, -0.05) is 19.3 Å². The van der Waals surface area contributed by atoms with E-state index in [1.54, 1.807) is 11.3 Å². The lowest BCUT2D eigenvalue weighted by molar-refractivity contribution is 0.516. The van der Waals surface area contributed by atoms with E-state index in [2.05, 4.69) is 23.2 Å². The standard InChI is InChI=1S/C13H19S2/c1-2-6-12(7-3-1)14-10-4-8-13-9-5-11-15-13/h5,9,12H,1-4,6-8,10H2. The van der Waals surface area contributed by atoms with E-state index >= 15 is 0 Å². The highest BCUT2D eigenvalue weighted by Gasteiger charge is 2.12. The topological polar surface area (TPSA) is 0 Å². The molecule has 0 aliphatic heterocycles. The van der Waals surface area contributed by atoms with Gasteiger partial charge in [0.15, 0.2) is 0 Å². The van der Waals surface area contributed by atoms with Crippen molar-refractivity contribution in [3.8, 4) is 0 Å². The monoisotopic (exact) mass is 239 g/mol. The Kier molecular flexibility index (Phi) is 5.07. The molecule has 0 spiro atoms. The SMILES string of the molecule is [c]1ccc(CCCSC2CCCCC2)s1. The predicted molar refractivity (Wildman–Crippen MR) is 70.8 cm³/mol. The first kappa shape index (κ1) is 11.5. The molecule has 2 heteroatoms. The van der Waals surface area contributed by atoms with Gasteiger partial charge in [-0.05, 0) is 43.6 Å². The summed E-state index contributed by atoms with van der Waals surface area (Å²) in [5.74, 6) is 1.35. The Bertz CT molecular complexity index is 248. The first-order chi connectivity index (χ1) is 7.45. The minimum atomic E-state index is 0.980. The van der Waals surface area contributed by atoms with E-state index in [0.717, 1.165) is 5.25 Å². The fourth-order valence-corrected chi connectivity index (χ4v) is 4.11. The smallest absolute Gasteiger partial charge is 0.0445 e. The van der Waals surface area contributed by atoms with Crippen molar-refractivity contribution in [2.24, 2.45) is 0 Å². The Morgan fingerprint density at radius 1 is 1.33 bits per heavy atom. The second-order valence-corrected chi connectivity index (χ2v) is 6.63. The highest BCUT2D eigenvalue weighted by molar-refractivity contribution is 7.99. The maximum Gasteiger partial charge on any atom is 0.0445 e. The molecule has 0 nitrogen and oxygen atoms in total. The molecule has 0 atom stereocenters. The number of hydrogen-bond donors (Lipinski definition) is 0. The molecule has 1 aliphatic rings. The summed E-state index contributed by atoms with van der Waals surface area (Å²) >= 11 is 3.99. The molecule has 1 fully saturated rings. The van der Waals surface area contributed by atoms with Crippen LogP contribution < -0.4 is 0 Å². The summed E-state index contributed by atoms with van der Waals surface area (Å²) in [6.07, 6.45) is 9.95. The van der Waals surface area contributed by atoms with Crippen molar-refractivity contribution in [2.75, 3.05) is 5.75 Å². The Hall–Kier alpha value is 0.0500. The lowest BCUT2D eigenvalue weighted by atomic mass is 10.0. The average Bonchev–Trinajstić information content (AvgIpc) is 2.79. The Balaban J connectivity index is 1.54. The van der Waals surface area contributed by atoms with Crippen LogP contribution in [0, 0.1) is 5.38 Å². The molecule has 0 aromatic carbocycles. The molecule has 15 heavy (non-hydrogen) atoms. The molecule has 1 aromatic rings. The van der Waals surface area contributed by atoms with Gasteiger partial charge in [0, 0.05) is 15.5 Å². The molecule has 1 aromatic heterocycles. The third-order valence-electron chi connectivity index (χ3n) is 3.00. The van der Waals surface area contributed by atoms with Crippen LogP contribution in [0.3, 0.4) is 0 Å². The molecule has 0 saturated heterocycles. The third kappa shape index (κ3) is 4.20. The van der Waals surface area contributed by atoms with Gasteiger partial charge in [0.25, 0.3) is 0 Å². The quantitative estimate of drug-likeness (QED) is 0.679. The number of thioether (sulfide) groups is 1. The summed E-state index contributed by atoms with van der Waals surface area (Å²) in [6, 6.07) is 4.24. The van der Waals surface area contributed by atoms with Crippen LogP contribution in [0.4, 0.5) is 0 Å². The number of hydrogen-bond acceptors (Lipinski definition) is 2. The van der Waals surface area contributed by atoms with Crippen molar-refractivity contribution in [3.05, 3.63) is 22.4 Å². The van der Waals surface area contributed by atoms with Gasteiger partial charge in [-0.15, -0.1) is 11.3 Å². The first-order valence-electron chi connectivity index (χ1n) is 6.01. The maximum absolute atomic E-state index is 3.15. The Labute approximate surface area is 101 Å². The molecule has 1 aliphatic carbocycles. The molecule has 2 rings (SSSR count). The molecular formula is C13H19S2. The third-order valence-corrected chi connectivity index (χ3v) is 5.32. The highest BCUT2D eigenvalue weighted by atomic mass is 32.2. The summed E-state index contributed by atoms with van der Waals surface area (Å²) in [6.45, 7) is 0. The second kappa shape index (κ2) is 6.59. The highest BCUT2D eigenvalue weighted by Crippen LogP contribution is 2.28. The summed E-state index contributed by atoms with van der Waals surface area (Å²) < 4.78 is 0. The summed E-state index contributed by atoms with van der Waals surface area (Å²) in [5.41, 5.74) is 0. The van der Waals surface area contributed by atoms with E-state index in [4.69, 9.17) is 0 Å². The minimum absolute atomic E-state index is 0.980. The van der Waals surface area contributed by atoms with Crippen molar-refractivity contribution in [2.45, 2.75) is 50.2 Å². The normalized spacial score (nSPS) is 18.1. The molecule has 0 N–H and O–H groups in total. The van der Waals surface area contributed by atoms with E-state index in [1.807, 2.05) is 6.07 Å². The lowest BCUT2D eigenvalue weighted by Gasteiger charge is -2.20. The van der Waals surface area contributed by atoms with Crippen LogP contribution in [0.5, 0.6) is 0 Å². The van der Waals surface area contributed by atoms with Gasteiger partial charge in [-0.3, -0.25) is 0 Å². The van der Waals surface area contributed by atoms with Crippen molar-refractivity contribution in [1.29, 1.82) is 0 Å². The number of rotatable bonds is 5. The van der Waals surface area contributed by atoms with Gasteiger partial charge in [0.1, 0.15) is 0 Å². The van der Waals surface area contributed by atoms with Gasteiger partial charge in [-0.25, -0.2) is 0 Å². The minimum Gasteiger partial charge on any atom is -0.159 e. The molecule has 83 valence electrons. The fourth-order valence-electron chi connectivity index (χ4n) is 2.13. The van der Waals surface area contributed by atoms with Crippen LogP contribution in [-0.2, 0) is 6.42 Å². The second-order valence-electron chi connectivity index (χ2n) is 4.25. The molecule has 1 radical (unpaired) electrons. The van der Waals surface area contributed by atoms with Crippen LogP contribution in [0.25, 0.3) is 0 Å². The van der Waals surface area contributed by atoms with Crippen molar-refractivity contribution < 1.29 is 0 Å². The van der Waals surface area contributed by atoms with Crippen LogP contribution in [0.1, 0.15) is 43.4 Å². The van der Waals surface area contributed by atoms with Crippen LogP contribution >= 0.6 is 23.1 Å². The van der Waals surface area contributed by atoms with Gasteiger partial charge < -0.3 is 0 Å². The molecule has 1 heterocycles. The average molecular weight is 239 g/mol. The van der Waals surface area contributed by atoms with Crippen LogP contribution in [0.2, 0.25) is 0 Å². The fraction of sp³-hybridized carbons (Fsp3) is 0.692. The Morgan fingerprint density at radius 3 is 2.93 bits per heavy atom. The largest absolute Gasteiger partial charge is 0.159 e. The van der Waals surface area contributed by atoms with Crippen LogP contribution in [-0.4, -0.2) is 11.0 Å². The zero-order valence-corrected chi connectivity index (χ0v) is 10.8. The molecule has 0 unspecified atom stereocenters. The van der Waals surface area contributed by atoms with Gasteiger partial charge >= 0.3 is 0 Å². The van der Waals surface area contributed by atoms with Crippen molar-refractivity contribution in [1.82, 2.24) is 0 Å². The zero-order valence-electron chi connectivity index (χ0n) is 9.21. The van der Waals surface area contributed by atoms with Crippen LogP contribution in [0.15, 0.2) is 12.1 Å². The summed E-state index contributed by atoms with van der Waals surface area (Å²) in [5, 5.41) is 4.14. The zero-order chi connectivity index (χ0) is 10.3.